The molecule has 0 bridgehead atoms. The molecule has 0 amide bonds. The molecule has 0 radical (unpaired) electrons. The summed E-state index contributed by atoms with van der Waals surface area (Å²) in [5, 5.41) is 0. The van der Waals surface area contributed by atoms with Crippen LogP contribution >= 0.6 is 0 Å². The van der Waals surface area contributed by atoms with Crippen molar-refractivity contribution in [3.63, 3.8) is 0 Å². The van der Waals surface area contributed by atoms with Crippen molar-refractivity contribution >= 4 is 10.0 Å². The molecule has 0 aliphatic heterocycles. The first-order chi connectivity index (χ1) is 6.95. The average molecular weight is 233 g/mol. The van der Waals surface area contributed by atoms with E-state index in [-0.39, 0.29) is 11.4 Å². The maximum absolute atomic E-state index is 12.7. The Bertz CT molecular complexity index is 435. The van der Waals surface area contributed by atoms with Gasteiger partial charge in [0, 0.05) is 18.8 Å². The molecular formula is C8H12FN3O2S. The molecule has 0 spiro atoms. The minimum absolute atomic E-state index is 0.169. The molecule has 0 fully saturated rings. The summed E-state index contributed by atoms with van der Waals surface area (Å²) in [5.74, 6) is -0.696. The van der Waals surface area contributed by atoms with E-state index >= 15 is 0 Å². The molecule has 15 heavy (non-hydrogen) atoms. The van der Waals surface area contributed by atoms with E-state index in [1.54, 1.807) is 6.92 Å². The quantitative estimate of drug-likeness (QED) is 0.757. The van der Waals surface area contributed by atoms with Crippen LogP contribution in [0, 0.1) is 5.82 Å². The first-order valence-electron chi connectivity index (χ1n) is 4.28. The van der Waals surface area contributed by atoms with Crippen molar-refractivity contribution in [3.05, 3.63) is 24.3 Å². The summed E-state index contributed by atoms with van der Waals surface area (Å²) in [6.45, 7) is 1.78. The molecule has 1 heterocycles. The highest BCUT2D eigenvalue weighted by atomic mass is 32.2. The third-order valence-electron chi connectivity index (χ3n) is 1.70. The lowest BCUT2D eigenvalue weighted by molar-refractivity contribution is 0.558. The highest BCUT2D eigenvalue weighted by Crippen LogP contribution is 2.08. The minimum Gasteiger partial charge on any atom is -0.329 e. The summed E-state index contributed by atoms with van der Waals surface area (Å²) >= 11 is 0. The predicted molar refractivity (Wildman–Crippen MR) is 53.0 cm³/mol. The Morgan fingerprint density at radius 3 is 2.80 bits per heavy atom. The van der Waals surface area contributed by atoms with E-state index in [1.807, 2.05) is 0 Å². The van der Waals surface area contributed by atoms with Crippen molar-refractivity contribution in [1.82, 2.24) is 9.71 Å². The topological polar surface area (TPSA) is 85.1 Å². The summed E-state index contributed by atoms with van der Waals surface area (Å²) in [5.41, 5.74) is 5.27. The van der Waals surface area contributed by atoms with Gasteiger partial charge < -0.3 is 5.73 Å². The van der Waals surface area contributed by atoms with E-state index in [4.69, 9.17) is 5.73 Å². The fourth-order valence-corrected chi connectivity index (χ4v) is 2.15. The summed E-state index contributed by atoms with van der Waals surface area (Å²) in [7, 11) is -3.73. The first-order valence-corrected chi connectivity index (χ1v) is 5.77. The fourth-order valence-electron chi connectivity index (χ4n) is 0.920. The predicted octanol–water partition coefficient (Wildman–Crippen LogP) is -0.154. The van der Waals surface area contributed by atoms with Crippen LogP contribution in [-0.4, -0.2) is 26.0 Å². The standard InChI is InChI=1S/C8H12FN3O2S/c1-6(3-10)12-15(13,14)8-2-7(9)4-11-5-8/h2,4-6,12H,3,10H2,1H3/t6-/m0/s1. The highest BCUT2D eigenvalue weighted by Gasteiger charge is 2.17. The molecule has 0 saturated carbocycles. The summed E-state index contributed by atoms with van der Waals surface area (Å²) < 4.78 is 38.2. The molecule has 0 saturated heterocycles. The van der Waals surface area contributed by atoms with Gasteiger partial charge in [-0.15, -0.1) is 0 Å². The van der Waals surface area contributed by atoms with Crippen molar-refractivity contribution in [2.45, 2.75) is 17.9 Å². The largest absolute Gasteiger partial charge is 0.329 e. The van der Waals surface area contributed by atoms with Gasteiger partial charge in [-0.05, 0) is 13.0 Å². The molecule has 1 aromatic heterocycles. The normalized spacial score (nSPS) is 13.8. The monoisotopic (exact) mass is 233 g/mol. The van der Waals surface area contributed by atoms with E-state index in [9.17, 15) is 12.8 Å². The highest BCUT2D eigenvalue weighted by molar-refractivity contribution is 7.89. The number of nitrogens with one attached hydrogen (secondary N) is 1. The van der Waals surface area contributed by atoms with Gasteiger partial charge in [-0.25, -0.2) is 17.5 Å². The number of sulfonamides is 1. The SMILES string of the molecule is C[C@@H](CN)NS(=O)(=O)c1cncc(F)c1. The van der Waals surface area contributed by atoms with Gasteiger partial charge in [0.2, 0.25) is 10.0 Å². The molecule has 5 nitrogen and oxygen atoms in total. The Morgan fingerprint density at radius 1 is 1.60 bits per heavy atom. The molecule has 1 atom stereocenters. The molecule has 1 rings (SSSR count). The molecule has 1 aromatic rings. The van der Waals surface area contributed by atoms with E-state index in [2.05, 4.69) is 9.71 Å². The lowest BCUT2D eigenvalue weighted by atomic mass is 10.4. The van der Waals surface area contributed by atoms with Crippen molar-refractivity contribution in [3.8, 4) is 0 Å². The number of nitrogens with two attached hydrogens (primary N) is 1. The van der Waals surface area contributed by atoms with Gasteiger partial charge in [-0.2, -0.15) is 0 Å². The number of hydrogen-bond acceptors (Lipinski definition) is 4. The van der Waals surface area contributed by atoms with Crippen LogP contribution in [-0.2, 0) is 10.0 Å². The Kier molecular flexibility index (Phi) is 3.72. The number of nitrogens with zero attached hydrogens (tertiary/aromatic N) is 1. The Hall–Kier alpha value is -1.05. The second-order valence-electron chi connectivity index (χ2n) is 3.10. The Balaban J connectivity index is 2.96. The van der Waals surface area contributed by atoms with Crippen LogP contribution in [0.1, 0.15) is 6.92 Å². The molecule has 7 heteroatoms. The van der Waals surface area contributed by atoms with Gasteiger partial charge in [0.25, 0.3) is 0 Å². The van der Waals surface area contributed by atoms with Gasteiger partial charge >= 0.3 is 0 Å². The number of hydrogen-bond donors (Lipinski definition) is 2. The fraction of sp³-hybridized carbons (Fsp3) is 0.375. The van der Waals surface area contributed by atoms with Gasteiger partial charge in [-0.1, -0.05) is 0 Å². The van der Waals surface area contributed by atoms with E-state index in [0.717, 1.165) is 18.5 Å². The number of rotatable bonds is 4. The van der Waals surface area contributed by atoms with E-state index in [1.165, 1.54) is 0 Å². The second kappa shape index (κ2) is 4.65. The van der Waals surface area contributed by atoms with E-state index in [0.29, 0.717) is 0 Å². The zero-order valence-electron chi connectivity index (χ0n) is 8.14. The van der Waals surface area contributed by atoms with Gasteiger partial charge in [0.05, 0.1) is 6.20 Å². The molecular weight excluding hydrogens is 221 g/mol. The van der Waals surface area contributed by atoms with Crippen LogP contribution in [0.3, 0.4) is 0 Å². The summed E-state index contributed by atoms with van der Waals surface area (Å²) in [6, 6.07) is 0.497. The second-order valence-corrected chi connectivity index (χ2v) is 4.81. The minimum atomic E-state index is -3.73. The zero-order valence-corrected chi connectivity index (χ0v) is 8.96. The van der Waals surface area contributed by atoms with Gasteiger partial charge in [-0.3, -0.25) is 4.98 Å². The maximum Gasteiger partial charge on any atom is 0.242 e. The Morgan fingerprint density at radius 2 is 2.27 bits per heavy atom. The summed E-state index contributed by atoms with van der Waals surface area (Å²) in [6.07, 6.45) is 2.01. The molecule has 0 unspecified atom stereocenters. The maximum atomic E-state index is 12.7. The number of aromatic nitrogens is 1. The molecule has 0 aliphatic carbocycles. The van der Waals surface area contributed by atoms with Crippen LogP contribution in [0.2, 0.25) is 0 Å². The van der Waals surface area contributed by atoms with Crippen molar-refractivity contribution in [2.75, 3.05) is 6.54 Å². The molecule has 84 valence electrons. The van der Waals surface area contributed by atoms with Crippen molar-refractivity contribution < 1.29 is 12.8 Å². The van der Waals surface area contributed by atoms with Crippen LogP contribution < -0.4 is 10.5 Å². The zero-order chi connectivity index (χ0) is 11.5. The summed E-state index contributed by atoms with van der Waals surface area (Å²) in [4.78, 5) is 3.25. The molecule has 0 aliphatic rings. The van der Waals surface area contributed by atoms with Crippen LogP contribution in [0.15, 0.2) is 23.4 Å². The molecule has 3 N–H and O–H groups in total. The van der Waals surface area contributed by atoms with Gasteiger partial charge in [0.15, 0.2) is 0 Å². The number of halogens is 1. The lowest BCUT2D eigenvalue weighted by Crippen LogP contribution is -2.37. The van der Waals surface area contributed by atoms with Crippen molar-refractivity contribution in [2.24, 2.45) is 5.73 Å². The van der Waals surface area contributed by atoms with Crippen LogP contribution in [0.25, 0.3) is 0 Å². The van der Waals surface area contributed by atoms with Crippen LogP contribution in [0.5, 0.6) is 0 Å². The smallest absolute Gasteiger partial charge is 0.242 e. The average Bonchev–Trinajstić information content (AvgIpc) is 2.17. The first kappa shape index (κ1) is 12.0. The van der Waals surface area contributed by atoms with Crippen LogP contribution in [0.4, 0.5) is 4.39 Å². The van der Waals surface area contributed by atoms with Gasteiger partial charge in [0.1, 0.15) is 10.7 Å². The van der Waals surface area contributed by atoms with Crippen molar-refractivity contribution in [1.29, 1.82) is 0 Å². The third-order valence-corrected chi connectivity index (χ3v) is 3.26. The number of pyridine rings is 1. The lowest BCUT2D eigenvalue weighted by Gasteiger charge is -2.11. The third kappa shape index (κ3) is 3.22. The Labute approximate surface area is 87.6 Å². The van der Waals surface area contributed by atoms with E-state index < -0.39 is 21.9 Å². The molecule has 0 aromatic carbocycles.